The fourth-order valence-electron chi connectivity index (χ4n) is 5.18. The smallest absolute Gasteiger partial charge is 0.223 e. The van der Waals surface area contributed by atoms with Gasteiger partial charge in [0.1, 0.15) is 0 Å². The fourth-order valence-corrected chi connectivity index (χ4v) is 5.18. The number of nitrogens with two attached hydrogens (primary N) is 1. The highest BCUT2D eigenvalue weighted by Crippen LogP contribution is 2.44. The highest BCUT2D eigenvalue weighted by Gasteiger charge is 2.34. The monoisotopic (exact) mass is 494 g/mol. The second kappa shape index (κ2) is 8.29. The maximum absolute atomic E-state index is 14.5. The minimum Gasteiger partial charge on any atom is -0.494 e. The summed E-state index contributed by atoms with van der Waals surface area (Å²) >= 11 is 0. The predicted octanol–water partition coefficient (Wildman–Crippen LogP) is 3.24. The van der Waals surface area contributed by atoms with Crippen molar-refractivity contribution in [3.63, 3.8) is 0 Å². The second-order valence-corrected chi connectivity index (χ2v) is 10.6. The number of methoxy groups -OCH3 is 1. The van der Waals surface area contributed by atoms with E-state index in [2.05, 4.69) is 16.1 Å². The van der Waals surface area contributed by atoms with E-state index >= 15 is 0 Å². The number of aliphatic hydroxyl groups is 1. The summed E-state index contributed by atoms with van der Waals surface area (Å²) in [5.74, 6) is 1.07. The molecule has 1 saturated carbocycles. The number of benzene rings is 1. The van der Waals surface area contributed by atoms with E-state index in [-0.39, 0.29) is 17.6 Å². The van der Waals surface area contributed by atoms with Gasteiger partial charge in [-0.15, -0.1) is 5.10 Å². The van der Waals surface area contributed by atoms with Crippen LogP contribution in [0.25, 0.3) is 16.6 Å². The van der Waals surface area contributed by atoms with Crippen LogP contribution in [-0.4, -0.2) is 60.3 Å². The summed E-state index contributed by atoms with van der Waals surface area (Å²) < 4.78 is 23.0. The SMILES string of the molecule is COc1cc2nc(N)n3nc(C4CCCN(c5cn(CC(C)(C)O)nc5C5CC5)C4)nc3c2cc1F. The van der Waals surface area contributed by atoms with Crippen LogP contribution in [0, 0.1) is 5.82 Å². The minimum atomic E-state index is -0.838. The van der Waals surface area contributed by atoms with E-state index in [4.69, 9.17) is 25.7 Å². The van der Waals surface area contributed by atoms with Crippen molar-refractivity contribution in [1.82, 2.24) is 29.4 Å². The Hall–Kier alpha value is -3.47. The van der Waals surface area contributed by atoms with Gasteiger partial charge in [-0.3, -0.25) is 4.68 Å². The van der Waals surface area contributed by atoms with Crippen LogP contribution < -0.4 is 15.4 Å². The maximum atomic E-state index is 14.5. The molecule has 0 bridgehead atoms. The highest BCUT2D eigenvalue weighted by molar-refractivity contribution is 5.93. The Morgan fingerprint density at radius 3 is 2.69 bits per heavy atom. The van der Waals surface area contributed by atoms with Crippen LogP contribution >= 0.6 is 0 Å². The molecule has 1 aliphatic carbocycles. The van der Waals surface area contributed by atoms with E-state index in [1.165, 1.54) is 23.8 Å². The van der Waals surface area contributed by atoms with Crippen molar-refractivity contribution in [3.05, 3.63) is 35.7 Å². The summed E-state index contributed by atoms with van der Waals surface area (Å²) in [6, 6.07) is 2.91. The molecule has 0 amide bonds. The van der Waals surface area contributed by atoms with Crippen LogP contribution in [0.3, 0.4) is 0 Å². The average molecular weight is 495 g/mol. The first-order chi connectivity index (χ1) is 17.2. The second-order valence-electron chi connectivity index (χ2n) is 10.6. The first-order valence-corrected chi connectivity index (χ1v) is 12.4. The van der Waals surface area contributed by atoms with Crippen LogP contribution in [0.4, 0.5) is 16.0 Å². The van der Waals surface area contributed by atoms with Crippen molar-refractivity contribution in [2.45, 2.75) is 63.5 Å². The molecule has 11 heteroatoms. The zero-order valence-electron chi connectivity index (χ0n) is 20.8. The minimum absolute atomic E-state index is 0.0841. The lowest BCUT2D eigenvalue weighted by atomic mass is 9.96. The number of anilines is 2. The Morgan fingerprint density at radius 1 is 1.17 bits per heavy atom. The number of hydrogen-bond acceptors (Lipinski definition) is 8. The molecule has 0 radical (unpaired) electrons. The number of ether oxygens (including phenoxy) is 1. The third kappa shape index (κ3) is 4.11. The molecule has 3 N–H and O–H groups in total. The van der Waals surface area contributed by atoms with Crippen LogP contribution in [0.15, 0.2) is 18.3 Å². The Bertz CT molecular complexity index is 1450. The number of halogens is 1. The summed E-state index contributed by atoms with van der Waals surface area (Å²) in [5.41, 5.74) is 8.61. The van der Waals surface area contributed by atoms with Crippen LogP contribution in [0.2, 0.25) is 0 Å². The lowest BCUT2D eigenvalue weighted by molar-refractivity contribution is 0.0576. The summed E-state index contributed by atoms with van der Waals surface area (Å²) in [6.07, 6.45) is 6.30. The lowest BCUT2D eigenvalue weighted by Crippen LogP contribution is -2.35. The first-order valence-electron chi connectivity index (χ1n) is 12.4. The van der Waals surface area contributed by atoms with E-state index in [9.17, 15) is 9.50 Å². The van der Waals surface area contributed by atoms with Gasteiger partial charge < -0.3 is 20.5 Å². The number of hydrogen-bond donors (Lipinski definition) is 2. The van der Waals surface area contributed by atoms with Crippen molar-refractivity contribution in [2.24, 2.45) is 0 Å². The maximum Gasteiger partial charge on any atom is 0.223 e. The van der Waals surface area contributed by atoms with Gasteiger partial charge in [0.2, 0.25) is 5.95 Å². The molecule has 6 rings (SSSR count). The molecule has 1 aromatic carbocycles. The number of piperidine rings is 1. The number of fused-ring (bicyclic) bond motifs is 3. The van der Waals surface area contributed by atoms with Gasteiger partial charge in [0.05, 0.1) is 36.2 Å². The molecule has 4 heterocycles. The molecule has 1 saturated heterocycles. The number of aromatic nitrogens is 6. The van der Waals surface area contributed by atoms with Crippen molar-refractivity contribution in [3.8, 4) is 5.75 Å². The summed E-state index contributed by atoms with van der Waals surface area (Å²) in [5, 5.41) is 20.4. The van der Waals surface area contributed by atoms with Gasteiger partial charge in [-0.05, 0) is 45.6 Å². The molecule has 10 nitrogen and oxygen atoms in total. The molecule has 4 aromatic rings. The van der Waals surface area contributed by atoms with Gasteiger partial charge in [-0.25, -0.2) is 14.4 Å². The number of nitrogen functional groups attached to an aromatic ring is 1. The molecule has 190 valence electrons. The van der Waals surface area contributed by atoms with Gasteiger partial charge in [0.15, 0.2) is 23.0 Å². The van der Waals surface area contributed by atoms with Crippen LogP contribution in [0.5, 0.6) is 5.75 Å². The molecule has 3 aromatic heterocycles. The highest BCUT2D eigenvalue weighted by atomic mass is 19.1. The average Bonchev–Trinajstić information content (AvgIpc) is 3.43. The molecule has 2 aliphatic rings. The normalized spacial score (nSPS) is 18.9. The quantitative estimate of drug-likeness (QED) is 0.419. The molecule has 2 fully saturated rings. The number of nitrogens with zero attached hydrogens (tertiary/aromatic N) is 7. The molecule has 1 unspecified atom stereocenters. The van der Waals surface area contributed by atoms with Gasteiger partial charge >= 0.3 is 0 Å². The van der Waals surface area contributed by atoms with E-state index in [0.717, 1.165) is 50.2 Å². The summed E-state index contributed by atoms with van der Waals surface area (Å²) in [7, 11) is 1.42. The zero-order valence-corrected chi connectivity index (χ0v) is 20.8. The molecule has 1 atom stereocenters. The Labute approximate surface area is 207 Å². The Balaban J connectivity index is 1.34. The fraction of sp³-hybridized carbons (Fsp3) is 0.520. The lowest BCUT2D eigenvalue weighted by Gasteiger charge is -2.33. The third-order valence-electron chi connectivity index (χ3n) is 7.00. The molecular weight excluding hydrogens is 463 g/mol. The van der Waals surface area contributed by atoms with Gasteiger partial charge in [-0.1, -0.05) is 0 Å². The third-order valence-corrected chi connectivity index (χ3v) is 7.00. The molecule has 0 spiro atoms. The van der Waals surface area contributed by atoms with Crippen LogP contribution in [-0.2, 0) is 6.54 Å². The van der Waals surface area contributed by atoms with Gasteiger partial charge in [-0.2, -0.15) is 9.61 Å². The molecule has 1 aliphatic heterocycles. The zero-order chi connectivity index (χ0) is 25.2. The number of rotatable bonds is 6. The van der Waals surface area contributed by atoms with E-state index in [0.29, 0.717) is 34.8 Å². The van der Waals surface area contributed by atoms with E-state index < -0.39 is 11.4 Å². The van der Waals surface area contributed by atoms with Crippen molar-refractivity contribution in [1.29, 1.82) is 0 Å². The van der Waals surface area contributed by atoms with Crippen molar-refractivity contribution < 1.29 is 14.2 Å². The van der Waals surface area contributed by atoms with Gasteiger partial charge in [0, 0.05) is 42.6 Å². The topological polar surface area (TPSA) is 120 Å². The largest absolute Gasteiger partial charge is 0.494 e. The predicted molar refractivity (Wildman–Crippen MR) is 134 cm³/mol. The summed E-state index contributed by atoms with van der Waals surface area (Å²) in [4.78, 5) is 11.6. The first kappa shape index (κ1) is 23.0. The Kier molecular flexibility index (Phi) is 5.29. The van der Waals surface area contributed by atoms with Crippen LogP contribution in [0.1, 0.15) is 62.9 Å². The Morgan fingerprint density at radius 2 is 1.97 bits per heavy atom. The summed E-state index contributed by atoms with van der Waals surface area (Å²) in [6.45, 7) is 5.71. The molecule has 36 heavy (non-hydrogen) atoms. The molecular formula is C25H31FN8O2. The standard InChI is InChI=1S/C25H31FN8O2/c1-25(2,35)13-33-12-19(21(30-33)14-6-7-14)32-8-4-5-15(11-32)22-29-23-16-9-17(26)20(36-3)10-18(16)28-24(27)34(23)31-22/h9-10,12,14-15,35H,4-8,11,13H2,1-3H3,(H2,27,28). The van der Waals surface area contributed by atoms with Crippen molar-refractivity contribution >= 4 is 28.2 Å². The van der Waals surface area contributed by atoms with E-state index in [1.54, 1.807) is 13.8 Å². The van der Waals surface area contributed by atoms with E-state index in [1.807, 2.05) is 4.68 Å². The van der Waals surface area contributed by atoms with Gasteiger partial charge in [0.25, 0.3) is 0 Å². The van der Waals surface area contributed by atoms with Crippen molar-refractivity contribution in [2.75, 3.05) is 30.8 Å².